The Morgan fingerprint density at radius 3 is 2.88 bits per heavy atom. The molecule has 2 N–H and O–H groups in total. The van der Waals surface area contributed by atoms with Gasteiger partial charge in [0, 0.05) is 6.54 Å². The van der Waals surface area contributed by atoms with Crippen LogP contribution in [-0.2, 0) is 16.6 Å². The van der Waals surface area contributed by atoms with Crippen molar-refractivity contribution in [2.75, 3.05) is 5.75 Å². The number of sulfonamides is 1. The molecule has 0 amide bonds. The van der Waals surface area contributed by atoms with E-state index in [-0.39, 0.29) is 12.3 Å². The van der Waals surface area contributed by atoms with Gasteiger partial charge >= 0.3 is 5.76 Å². The first-order chi connectivity index (χ1) is 8.00. The molecule has 2 rings (SSSR count). The van der Waals surface area contributed by atoms with Crippen LogP contribution in [0.1, 0.15) is 12.5 Å². The maximum Gasteiger partial charge on any atom is 0.417 e. The maximum atomic E-state index is 11.2. The second kappa shape index (κ2) is 4.34. The molecule has 0 bridgehead atoms. The zero-order chi connectivity index (χ0) is 12.5. The van der Waals surface area contributed by atoms with Gasteiger partial charge in [0.15, 0.2) is 5.58 Å². The van der Waals surface area contributed by atoms with E-state index in [0.29, 0.717) is 11.1 Å². The Bertz CT molecular complexity index is 684. The van der Waals surface area contributed by atoms with Crippen molar-refractivity contribution in [2.45, 2.75) is 13.5 Å². The molecule has 0 saturated heterocycles. The molecule has 7 heteroatoms. The van der Waals surface area contributed by atoms with E-state index in [1.807, 2.05) is 0 Å². The van der Waals surface area contributed by atoms with Crippen LogP contribution in [-0.4, -0.2) is 19.2 Å². The van der Waals surface area contributed by atoms with E-state index >= 15 is 0 Å². The predicted octanol–water partition coefficient (Wildman–Crippen LogP) is 0.560. The van der Waals surface area contributed by atoms with Crippen LogP contribution in [0.25, 0.3) is 11.1 Å². The Hall–Kier alpha value is -1.60. The number of oxazole rings is 1. The first-order valence-electron chi connectivity index (χ1n) is 5.09. The quantitative estimate of drug-likeness (QED) is 0.836. The number of hydrogen-bond acceptors (Lipinski definition) is 4. The number of fused-ring (bicyclic) bond motifs is 1. The molecule has 1 aromatic heterocycles. The molecule has 0 spiro atoms. The van der Waals surface area contributed by atoms with Crippen LogP contribution in [0, 0.1) is 0 Å². The van der Waals surface area contributed by atoms with Gasteiger partial charge in [-0.2, -0.15) is 0 Å². The first kappa shape index (κ1) is 11.9. The largest absolute Gasteiger partial charge is 0.417 e. The molecule has 0 aliphatic heterocycles. The monoisotopic (exact) mass is 256 g/mol. The summed E-state index contributed by atoms with van der Waals surface area (Å²) in [6.45, 7) is 1.75. The Morgan fingerprint density at radius 1 is 1.41 bits per heavy atom. The van der Waals surface area contributed by atoms with Gasteiger partial charge in [0.1, 0.15) is 0 Å². The third-order valence-electron chi connectivity index (χ3n) is 2.36. The van der Waals surface area contributed by atoms with E-state index < -0.39 is 15.8 Å². The lowest BCUT2D eigenvalue weighted by Gasteiger charge is -2.03. The van der Waals surface area contributed by atoms with Crippen molar-refractivity contribution in [3.05, 3.63) is 34.3 Å². The second-order valence-corrected chi connectivity index (χ2v) is 5.67. The molecule has 0 aliphatic carbocycles. The van der Waals surface area contributed by atoms with Crippen molar-refractivity contribution in [1.29, 1.82) is 0 Å². The van der Waals surface area contributed by atoms with Crippen LogP contribution < -0.4 is 10.5 Å². The van der Waals surface area contributed by atoms with Crippen LogP contribution in [0.5, 0.6) is 0 Å². The van der Waals surface area contributed by atoms with E-state index in [1.165, 1.54) is 0 Å². The zero-order valence-electron chi connectivity index (χ0n) is 9.19. The van der Waals surface area contributed by atoms with Crippen molar-refractivity contribution in [3.8, 4) is 0 Å². The minimum Gasteiger partial charge on any atom is -0.408 e. The molecule has 92 valence electrons. The Balaban J connectivity index is 2.22. The standard InChI is InChI=1S/C10H12N2O4S/c1-2-17(14,15)11-6-7-3-4-8-9(5-7)16-10(13)12-8/h3-5,11H,2,6H2,1H3,(H,12,13). The Labute approximate surface area is 97.7 Å². The van der Waals surface area contributed by atoms with Crippen molar-refractivity contribution in [1.82, 2.24) is 9.71 Å². The van der Waals surface area contributed by atoms with Crippen molar-refractivity contribution in [2.24, 2.45) is 0 Å². The molecule has 0 aliphatic rings. The van der Waals surface area contributed by atoms with Gasteiger partial charge in [-0.15, -0.1) is 0 Å². The SMILES string of the molecule is CCS(=O)(=O)NCc1ccc2[nH]c(=O)oc2c1. The van der Waals surface area contributed by atoms with Gasteiger partial charge < -0.3 is 4.42 Å². The van der Waals surface area contributed by atoms with Crippen LogP contribution in [0.15, 0.2) is 27.4 Å². The molecular weight excluding hydrogens is 244 g/mol. The summed E-state index contributed by atoms with van der Waals surface area (Å²) in [5.41, 5.74) is 1.75. The lowest BCUT2D eigenvalue weighted by atomic mass is 10.2. The molecular formula is C10H12N2O4S. The smallest absolute Gasteiger partial charge is 0.408 e. The van der Waals surface area contributed by atoms with Gasteiger partial charge in [-0.05, 0) is 24.6 Å². The summed E-state index contributed by atoms with van der Waals surface area (Å²) in [7, 11) is -3.22. The highest BCUT2D eigenvalue weighted by molar-refractivity contribution is 7.89. The summed E-state index contributed by atoms with van der Waals surface area (Å²) in [6, 6.07) is 5.03. The normalized spacial score (nSPS) is 12.1. The minimum atomic E-state index is -3.22. The van der Waals surface area contributed by atoms with E-state index in [2.05, 4.69) is 9.71 Å². The molecule has 2 aromatic rings. The fourth-order valence-corrected chi connectivity index (χ4v) is 1.99. The van der Waals surface area contributed by atoms with Gasteiger partial charge in [0.05, 0.1) is 11.3 Å². The summed E-state index contributed by atoms with van der Waals surface area (Å²) < 4.78 is 29.8. The van der Waals surface area contributed by atoms with Crippen LogP contribution in [0.3, 0.4) is 0 Å². The Kier molecular flexibility index (Phi) is 3.03. The maximum absolute atomic E-state index is 11.2. The highest BCUT2D eigenvalue weighted by Crippen LogP contribution is 2.12. The van der Waals surface area contributed by atoms with Gasteiger partial charge in [-0.3, -0.25) is 4.98 Å². The number of H-pyrrole nitrogens is 1. The van der Waals surface area contributed by atoms with Crippen LogP contribution >= 0.6 is 0 Å². The molecule has 0 saturated carbocycles. The van der Waals surface area contributed by atoms with E-state index in [1.54, 1.807) is 25.1 Å². The van der Waals surface area contributed by atoms with Gasteiger partial charge in [0.25, 0.3) is 0 Å². The third kappa shape index (κ3) is 2.75. The predicted molar refractivity (Wildman–Crippen MR) is 63.1 cm³/mol. The average molecular weight is 256 g/mol. The molecule has 0 atom stereocenters. The summed E-state index contributed by atoms with van der Waals surface area (Å²) in [5, 5.41) is 0. The lowest BCUT2D eigenvalue weighted by Crippen LogP contribution is -2.24. The highest BCUT2D eigenvalue weighted by Gasteiger charge is 2.07. The van der Waals surface area contributed by atoms with Gasteiger partial charge in [-0.25, -0.2) is 17.9 Å². The van der Waals surface area contributed by atoms with Gasteiger partial charge in [0.2, 0.25) is 10.0 Å². The number of nitrogens with one attached hydrogen (secondary N) is 2. The average Bonchev–Trinajstić information content (AvgIpc) is 2.66. The van der Waals surface area contributed by atoms with E-state index in [9.17, 15) is 13.2 Å². The zero-order valence-corrected chi connectivity index (χ0v) is 10.0. The topological polar surface area (TPSA) is 92.2 Å². The van der Waals surface area contributed by atoms with Gasteiger partial charge in [-0.1, -0.05) is 6.07 Å². The van der Waals surface area contributed by atoms with Crippen molar-refractivity contribution < 1.29 is 12.8 Å². The van der Waals surface area contributed by atoms with E-state index in [0.717, 1.165) is 5.56 Å². The fraction of sp³-hybridized carbons (Fsp3) is 0.300. The summed E-state index contributed by atoms with van der Waals surface area (Å²) in [6.07, 6.45) is 0. The summed E-state index contributed by atoms with van der Waals surface area (Å²) in [5.74, 6) is -0.486. The number of hydrogen-bond donors (Lipinski definition) is 2. The van der Waals surface area contributed by atoms with Crippen LogP contribution in [0.2, 0.25) is 0 Å². The number of benzene rings is 1. The van der Waals surface area contributed by atoms with E-state index in [4.69, 9.17) is 4.42 Å². The Morgan fingerprint density at radius 2 is 2.18 bits per heavy atom. The van der Waals surface area contributed by atoms with Crippen LogP contribution in [0.4, 0.5) is 0 Å². The highest BCUT2D eigenvalue weighted by atomic mass is 32.2. The third-order valence-corrected chi connectivity index (χ3v) is 3.71. The number of rotatable bonds is 4. The summed E-state index contributed by atoms with van der Waals surface area (Å²) >= 11 is 0. The minimum absolute atomic E-state index is 0.0362. The molecule has 0 fully saturated rings. The lowest BCUT2D eigenvalue weighted by molar-refractivity contribution is 0.554. The van der Waals surface area contributed by atoms with Crippen molar-refractivity contribution in [3.63, 3.8) is 0 Å². The molecule has 6 nitrogen and oxygen atoms in total. The number of aromatic nitrogens is 1. The molecule has 17 heavy (non-hydrogen) atoms. The fourth-order valence-electron chi connectivity index (χ4n) is 1.40. The molecule has 1 heterocycles. The number of aromatic amines is 1. The molecule has 0 radical (unpaired) electrons. The van der Waals surface area contributed by atoms with Crippen molar-refractivity contribution >= 4 is 21.1 Å². The summed E-state index contributed by atoms with van der Waals surface area (Å²) in [4.78, 5) is 13.4. The second-order valence-electron chi connectivity index (χ2n) is 3.57. The molecule has 0 unspecified atom stereocenters. The molecule has 1 aromatic carbocycles. The first-order valence-corrected chi connectivity index (χ1v) is 6.74.